The molecule has 2 atom stereocenters. The number of carbonyl (C=O) groups excluding carboxylic acids is 1. The highest BCUT2D eigenvalue weighted by Crippen LogP contribution is 2.27. The smallest absolute Gasteiger partial charge is 0.320 e. The van der Waals surface area contributed by atoms with Gasteiger partial charge in [-0.15, -0.1) is 0 Å². The number of carboxylic acids is 1. The Hall–Kier alpha value is -1.30. The molecule has 3 N–H and O–H groups in total. The fourth-order valence-electron chi connectivity index (χ4n) is 3.38. The van der Waals surface area contributed by atoms with Crippen molar-refractivity contribution in [3.05, 3.63) is 0 Å². The summed E-state index contributed by atoms with van der Waals surface area (Å²) in [6, 6.07) is 0.327. The van der Waals surface area contributed by atoms with E-state index in [1.165, 1.54) is 0 Å². The molecule has 6 heteroatoms. The number of amides is 2. The van der Waals surface area contributed by atoms with E-state index in [2.05, 4.69) is 0 Å². The number of carboxylic acid groups (broad SMARTS) is 1. The van der Waals surface area contributed by atoms with Crippen molar-refractivity contribution in [2.75, 3.05) is 26.2 Å². The molecule has 0 spiro atoms. The van der Waals surface area contributed by atoms with Crippen LogP contribution in [0.5, 0.6) is 0 Å². The van der Waals surface area contributed by atoms with Crippen LogP contribution in [0.25, 0.3) is 0 Å². The summed E-state index contributed by atoms with van der Waals surface area (Å²) in [7, 11) is 0. The van der Waals surface area contributed by atoms with Gasteiger partial charge in [0.25, 0.3) is 0 Å². The maximum atomic E-state index is 12.5. The van der Waals surface area contributed by atoms with Crippen LogP contribution in [0.1, 0.15) is 39.0 Å². The lowest BCUT2D eigenvalue weighted by Gasteiger charge is -2.40. The molecule has 2 fully saturated rings. The number of carbonyl (C=O) groups is 2. The van der Waals surface area contributed by atoms with Gasteiger partial charge < -0.3 is 20.6 Å². The first kappa shape index (κ1) is 16.1. The van der Waals surface area contributed by atoms with E-state index in [4.69, 9.17) is 10.8 Å². The maximum Gasteiger partial charge on any atom is 0.320 e. The molecule has 2 aliphatic heterocycles. The van der Waals surface area contributed by atoms with Crippen LogP contribution in [0.4, 0.5) is 4.79 Å². The van der Waals surface area contributed by atoms with Crippen LogP contribution in [0.3, 0.4) is 0 Å². The molecule has 0 aromatic rings. The lowest BCUT2D eigenvalue weighted by atomic mass is 9.85. The van der Waals surface area contributed by atoms with E-state index in [0.29, 0.717) is 12.5 Å². The fraction of sp³-hybridized carbons (Fsp3) is 0.867. The van der Waals surface area contributed by atoms with Gasteiger partial charge in [0.1, 0.15) is 0 Å². The minimum Gasteiger partial charge on any atom is -0.481 e. The average molecular weight is 297 g/mol. The lowest BCUT2D eigenvalue weighted by molar-refractivity contribution is -0.138. The average Bonchev–Trinajstić information content (AvgIpc) is 2.47. The summed E-state index contributed by atoms with van der Waals surface area (Å²) in [4.78, 5) is 27.2. The first-order valence-corrected chi connectivity index (χ1v) is 7.98. The summed E-state index contributed by atoms with van der Waals surface area (Å²) >= 11 is 0. The Bertz CT molecular complexity index is 380. The molecule has 120 valence electrons. The van der Waals surface area contributed by atoms with Crippen LogP contribution in [-0.2, 0) is 4.79 Å². The molecule has 2 unspecified atom stereocenters. The highest BCUT2D eigenvalue weighted by Gasteiger charge is 2.31. The standard InChI is InChI=1S/C15H27N3O3/c1-11(9-14(19)20)12-3-2-6-18(10-12)15(21)17-7-4-13(16)5-8-17/h11-13H,2-10,16H2,1H3,(H,19,20). The molecule has 6 nitrogen and oxygen atoms in total. The van der Waals surface area contributed by atoms with Crippen molar-refractivity contribution in [2.24, 2.45) is 17.6 Å². The second kappa shape index (κ2) is 7.11. The van der Waals surface area contributed by atoms with Crippen molar-refractivity contribution in [3.8, 4) is 0 Å². The van der Waals surface area contributed by atoms with E-state index in [9.17, 15) is 9.59 Å². The molecule has 0 bridgehead atoms. The van der Waals surface area contributed by atoms with Gasteiger partial charge in [0.2, 0.25) is 0 Å². The second-order valence-electron chi connectivity index (χ2n) is 6.53. The van der Waals surface area contributed by atoms with Crippen molar-refractivity contribution < 1.29 is 14.7 Å². The number of nitrogens with two attached hydrogens (primary N) is 1. The first-order valence-electron chi connectivity index (χ1n) is 7.98. The van der Waals surface area contributed by atoms with Gasteiger partial charge in [0, 0.05) is 38.6 Å². The fourth-order valence-corrected chi connectivity index (χ4v) is 3.38. The summed E-state index contributed by atoms with van der Waals surface area (Å²) in [5.74, 6) is -0.338. The van der Waals surface area contributed by atoms with Gasteiger partial charge in [0.15, 0.2) is 0 Å². The third-order valence-electron chi connectivity index (χ3n) is 4.84. The predicted octanol–water partition coefficient (Wildman–Crippen LogP) is 1.35. The monoisotopic (exact) mass is 297 g/mol. The third-order valence-corrected chi connectivity index (χ3v) is 4.84. The predicted molar refractivity (Wildman–Crippen MR) is 79.9 cm³/mol. The SMILES string of the molecule is CC(CC(=O)O)C1CCCN(C(=O)N2CCC(N)CC2)C1. The van der Waals surface area contributed by atoms with Gasteiger partial charge in [0.05, 0.1) is 0 Å². The Morgan fingerprint density at radius 3 is 2.48 bits per heavy atom. The van der Waals surface area contributed by atoms with Crippen LogP contribution in [0.2, 0.25) is 0 Å². The Balaban J connectivity index is 1.88. The largest absolute Gasteiger partial charge is 0.481 e. The lowest BCUT2D eigenvalue weighted by Crippen LogP contribution is -2.52. The highest BCUT2D eigenvalue weighted by atomic mass is 16.4. The molecule has 2 amide bonds. The van der Waals surface area contributed by atoms with Crippen molar-refractivity contribution >= 4 is 12.0 Å². The van der Waals surface area contributed by atoms with Crippen molar-refractivity contribution in [2.45, 2.75) is 45.1 Å². The van der Waals surface area contributed by atoms with E-state index >= 15 is 0 Å². The zero-order valence-corrected chi connectivity index (χ0v) is 12.8. The second-order valence-corrected chi connectivity index (χ2v) is 6.53. The Morgan fingerprint density at radius 2 is 1.86 bits per heavy atom. The Morgan fingerprint density at radius 1 is 1.19 bits per heavy atom. The highest BCUT2D eigenvalue weighted by molar-refractivity contribution is 5.74. The van der Waals surface area contributed by atoms with Crippen molar-refractivity contribution in [1.29, 1.82) is 0 Å². The summed E-state index contributed by atoms with van der Waals surface area (Å²) in [6.07, 6.45) is 3.92. The van der Waals surface area contributed by atoms with Gasteiger partial charge in [-0.3, -0.25) is 4.79 Å². The molecular formula is C15H27N3O3. The Kier molecular flexibility index (Phi) is 5.45. The number of hydrogen-bond acceptors (Lipinski definition) is 3. The quantitative estimate of drug-likeness (QED) is 0.823. The summed E-state index contributed by atoms with van der Waals surface area (Å²) < 4.78 is 0. The van der Waals surface area contributed by atoms with Gasteiger partial charge >= 0.3 is 12.0 Å². The van der Waals surface area contributed by atoms with E-state index in [1.54, 1.807) is 0 Å². The number of hydrogen-bond donors (Lipinski definition) is 2. The van der Waals surface area contributed by atoms with Crippen molar-refractivity contribution in [1.82, 2.24) is 9.80 Å². The molecule has 2 rings (SSSR count). The minimum absolute atomic E-state index is 0.106. The Labute approximate surface area is 126 Å². The number of aliphatic carboxylic acids is 1. The molecule has 0 aliphatic carbocycles. The molecule has 0 aromatic carbocycles. The van der Waals surface area contributed by atoms with Crippen LogP contribution < -0.4 is 5.73 Å². The number of nitrogens with zero attached hydrogens (tertiary/aromatic N) is 2. The van der Waals surface area contributed by atoms with E-state index in [-0.39, 0.29) is 24.4 Å². The summed E-state index contributed by atoms with van der Waals surface area (Å²) in [5, 5.41) is 8.92. The number of piperidine rings is 2. The van der Waals surface area contributed by atoms with Crippen molar-refractivity contribution in [3.63, 3.8) is 0 Å². The molecule has 2 saturated heterocycles. The number of rotatable bonds is 3. The first-order chi connectivity index (χ1) is 9.97. The van der Waals surface area contributed by atoms with Gasteiger partial charge in [-0.05, 0) is 37.5 Å². The van der Waals surface area contributed by atoms with Gasteiger partial charge in [-0.1, -0.05) is 6.92 Å². The molecule has 0 saturated carbocycles. The summed E-state index contributed by atoms with van der Waals surface area (Å²) in [6.45, 7) is 4.94. The zero-order chi connectivity index (χ0) is 15.4. The molecule has 2 aliphatic rings. The van der Waals surface area contributed by atoms with Gasteiger partial charge in [-0.2, -0.15) is 0 Å². The van der Waals surface area contributed by atoms with Crippen LogP contribution >= 0.6 is 0 Å². The van der Waals surface area contributed by atoms with Crippen LogP contribution in [0.15, 0.2) is 0 Å². The minimum atomic E-state index is -0.754. The molecule has 0 aromatic heterocycles. The van der Waals surface area contributed by atoms with E-state index < -0.39 is 5.97 Å². The molecule has 0 radical (unpaired) electrons. The zero-order valence-electron chi connectivity index (χ0n) is 12.8. The van der Waals surface area contributed by atoms with E-state index in [1.807, 2.05) is 16.7 Å². The van der Waals surface area contributed by atoms with Crippen LogP contribution in [0, 0.1) is 11.8 Å². The normalized spacial score (nSPS) is 25.7. The van der Waals surface area contributed by atoms with E-state index in [0.717, 1.165) is 45.3 Å². The molecule has 2 heterocycles. The molecule has 21 heavy (non-hydrogen) atoms. The maximum absolute atomic E-state index is 12.5. The van der Waals surface area contributed by atoms with Gasteiger partial charge in [-0.25, -0.2) is 4.79 Å². The topological polar surface area (TPSA) is 86.9 Å². The third kappa shape index (κ3) is 4.33. The number of urea groups is 1. The number of likely N-dealkylation sites (tertiary alicyclic amines) is 2. The molecular weight excluding hydrogens is 270 g/mol. The summed E-state index contributed by atoms with van der Waals surface area (Å²) in [5.41, 5.74) is 5.88. The van der Waals surface area contributed by atoms with Crippen LogP contribution in [-0.4, -0.2) is 59.1 Å².